The normalized spacial score (nSPS) is 14.7. The van der Waals surface area contributed by atoms with Gasteiger partial charge in [0.05, 0.1) is 7.11 Å². The summed E-state index contributed by atoms with van der Waals surface area (Å²) in [4.78, 5) is 17.1. The first-order chi connectivity index (χ1) is 17.1. The van der Waals surface area contributed by atoms with Gasteiger partial charge in [0, 0.05) is 22.4 Å². The molecule has 1 aromatic heterocycles. The van der Waals surface area contributed by atoms with E-state index < -0.39 is 0 Å². The maximum absolute atomic E-state index is 12.6. The number of hydrogen-bond donors (Lipinski definition) is 2. The number of halogens is 1. The average molecular weight is 484 g/mol. The molecule has 0 fully saturated rings. The van der Waals surface area contributed by atoms with Gasteiger partial charge in [-0.3, -0.25) is 10.1 Å². The minimum atomic E-state index is -0.346. The fourth-order valence-electron chi connectivity index (χ4n) is 3.85. The zero-order valence-corrected chi connectivity index (χ0v) is 19.6. The maximum atomic E-state index is 12.6. The van der Waals surface area contributed by atoms with Crippen LogP contribution in [-0.2, 0) is 4.79 Å². The van der Waals surface area contributed by atoms with Crippen LogP contribution >= 0.6 is 11.6 Å². The van der Waals surface area contributed by atoms with Crippen molar-refractivity contribution >= 4 is 41.2 Å². The van der Waals surface area contributed by atoms with Crippen LogP contribution in [0.25, 0.3) is 11.8 Å². The van der Waals surface area contributed by atoms with Crippen LogP contribution in [0.15, 0.2) is 91.0 Å². The van der Waals surface area contributed by atoms with Crippen molar-refractivity contribution in [3.63, 3.8) is 0 Å². The molecule has 0 unspecified atom stereocenters. The standard InChI is InChI=1S/C27H22ClN5O2/c1-35-24-10-6-5-9-20(24)13-16-25(34)30-26-31-27-29-22(18-11-14-21(28)15-12-18)17-23(33(27)32-26)19-7-3-2-4-8-19/h2-17,23H,1H3,(H2,29,30,31,32,34)/b16-13+/t23-/m0/s1. The molecule has 1 atom stereocenters. The van der Waals surface area contributed by atoms with Gasteiger partial charge in [-0.1, -0.05) is 72.3 Å². The number of hydrogen-bond acceptors (Lipinski definition) is 5. The van der Waals surface area contributed by atoms with E-state index in [9.17, 15) is 4.79 Å². The second kappa shape index (κ2) is 9.87. The minimum absolute atomic E-state index is 0.203. The maximum Gasteiger partial charge on any atom is 0.250 e. The summed E-state index contributed by atoms with van der Waals surface area (Å²) in [5, 5.41) is 11.3. The van der Waals surface area contributed by atoms with Crippen molar-refractivity contribution < 1.29 is 9.53 Å². The topological polar surface area (TPSA) is 81.1 Å². The predicted octanol–water partition coefficient (Wildman–Crippen LogP) is 5.65. The van der Waals surface area contributed by atoms with Gasteiger partial charge >= 0.3 is 0 Å². The van der Waals surface area contributed by atoms with Gasteiger partial charge in [-0.2, -0.15) is 4.98 Å². The Labute approximate surface area is 207 Å². The SMILES string of the molecule is COc1ccccc1/C=C/C(=O)Nc1nc2n(n1)[C@H](c1ccccc1)C=C(c1ccc(Cl)cc1)N2. The molecule has 3 aromatic carbocycles. The number of ether oxygens (including phenoxy) is 1. The van der Waals surface area contributed by atoms with E-state index in [4.69, 9.17) is 16.3 Å². The fourth-order valence-corrected chi connectivity index (χ4v) is 3.98. The Morgan fingerprint density at radius 3 is 2.57 bits per heavy atom. The van der Waals surface area contributed by atoms with E-state index in [1.54, 1.807) is 17.9 Å². The summed E-state index contributed by atoms with van der Waals surface area (Å²) in [6.07, 6.45) is 5.19. The summed E-state index contributed by atoms with van der Waals surface area (Å²) < 4.78 is 7.08. The lowest BCUT2D eigenvalue weighted by molar-refractivity contribution is -0.111. The highest BCUT2D eigenvalue weighted by molar-refractivity contribution is 6.30. The van der Waals surface area contributed by atoms with Gasteiger partial charge in [0.1, 0.15) is 11.8 Å². The van der Waals surface area contributed by atoms with Gasteiger partial charge in [0.25, 0.3) is 11.9 Å². The molecule has 0 saturated carbocycles. The molecule has 0 spiro atoms. The highest BCUT2D eigenvalue weighted by atomic mass is 35.5. The largest absolute Gasteiger partial charge is 0.496 e. The number of fused-ring (bicyclic) bond motifs is 1. The number of carbonyl (C=O) groups is 1. The Morgan fingerprint density at radius 1 is 1.06 bits per heavy atom. The monoisotopic (exact) mass is 483 g/mol. The van der Waals surface area contributed by atoms with E-state index in [1.165, 1.54) is 6.08 Å². The molecule has 4 aromatic rings. The minimum Gasteiger partial charge on any atom is -0.496 e. The van der Waals surface area contributed by atoms with Gasteiger partial charge in [-0.25, -0.2) is 4.68 Å². The van der Waals surface area contributed by atoms with Crippen molar-refractivity contribution in [3.05, 3.63) is 113 Å². The molecule has 7 nitrogen and oxygen atoms in total. The molecule has 0 bridgehead atoms. The van der Waals surface area contributed by atoms with E-state index in [-0.39, 0.29) is 17.9 Å². The number of aromatic nitrogens is 3. The Morgan fingerprint density at radius 2 is 1.80 bits per heavy atom. The first kappa shape index (κ1) is 22.4. The molecule has 1 aliphatic heterocycles. The number of rotatable bonds is 6. The number of nitrogens with one attached hydrogen (secondary N) is 2. The van der Waals surface area contributed by atoms with Gasteiger partial charge in [0.15, 0.2) is 0 Å². The summed E-state index contributed by atoms with van der Waals surface area (Å²) in [6.45, 7) is 0. The van der Waals surface area contributed by atoms with E-state index in [1.807, 2.05) is 78.9 Å². The number of amides is 1. The van der Waals surface area contributed by atoms with Gasteiger partial charge in [-0.05, 0) is 41.5 Å². The van der Waals surface area contributed by atoms with Crippen LogP contribution in [0, 0.1) is 0 Å². The molecule has 1 amide bonds. The molecule has 1 aliphatic rings. The molecule has 5 rings (SSSR count). The van der Waals surface area contributed by atoms with Crippen LogP contribution in [0.4, 0.5) is 11.9 Å². The molecule has 2 heterocycles. The third-order valence-electron chi connectivity index (χ3n) is 5.55. The number of allylic oxidation sites excluding steroid dienone is 1. The Balaban J connectivity index is 1.42. The molecule has 8 heteroatoms. The highest BCUT2D eigenvalue weighted by Crippen LogP contribution is 2.33. The number of anilines is 2. The number of benzene rings is 3. The van der Waals surface area contributed by atoms with Crippen LogP contribution < -0.4 is 15.4 Å². The van der Waals surface area contributed by atoms with Crippen molar-refractivity contribution in [2.45, 2.75) is 6.04 Å². The Bertz CT molecular complexity index is 1410. The molecular formula is C27H22ClN5O2. The summed E-state index contributed by atoms with van der Waals surface area (Å²) in [6, 6.07) is 24.8. The first-order valence-electron chi connectivity index (χ1n) is 11.0. The number of para-hydroxylation sites is 1. The smallest absolute Gasteiger partial charge is 0.250 e. The summed E-state index contributed by atoms with van der Waals surface area (Å²) in [7, 11) is 1.59. The average Bonchev–Trinajstić information content (AvgIpc) is 3.30. The highest BCUT2D eigenvalue weighted by Gasteiger charge is 2.25. The summed E-state index contributed by atoms with van der Waals surface area (Å²) in [5.74, 6) is 1.06. The first-order valence-corrected chi connectivity index (χ1v) is 11.4. The van der Waals surface area contributed by atoms with E-state index in [0.717, 1.165) is 22.4 Å². The lowest BCUT2D eigenvalue weighted by Gasteiger charge is -2.24. The van der Waals surface area contributed by atoms with Crippen LogP contribution in [-0.4, -0.2) is 27.8 Å². The predicted molar refractivity (Wildman–Crippen MR) is 138 cm³/mol. The lowest BCUT2D eigenvalue weighted by Crippen LogP contribution is -2.20. The van der Waals surface area contributed by atoms with Crippen LogP contribution in [0.2, 0.25) is 5.02 Å². The molecule has 0 saturated heterocycles. The second-order valence-corrected chi connectivity index (χ2v) is 8.27. The van der Waals surface area contributed by atoms with Crippen LogP contribution in [0.1, 0.15) is 22.7 Å². The second-order valence-electron chi connectivity index (χ2n) is 7.84. The summed E-state index contributed by atoms with van der Waals surface area (Å²) >= 11 is 6.07. The number of carbonyl (C=O) groups excluding carboxylic acids is 1. The fraction of sp³-hybridized carbons (Fsp3) is 0.0741. The Kier molecular flexibility index (Phi) is 6.32. The van der Waals surface area contributed by atoms with Crippen molar-refractivity contribution in [2.24, 2.45) is 0 Å². The van der Waals surface area contributed by atoms with E-state index in [2.05, 4.69) is 26.8 Å². The van der Waals surface area contributed by atoms with E-state index in [0.29, 0.717) is 16.7 Å². The van der Waals surface area contributed by atoms with Crippen molar-refractivity contribution in [1.29, 1.82) is 0 Å². The third-order valence-corrected chi connectivity index (χ3v) is 5.80. The van der Waals surface area contributed by atoms with Crippen LogP contribution in [0.3, 0.4) is 0 Å². The molecule has 2 N–H and O–H groups in total. The van der Waals surface area contributed by atoms with Crippen LogP contribution in [0.5, 0.6) is 5.75 Å². The zero-order chi connectivity index (χ0) is 24.2. The van der Waals surface area contributed by atoms with Crippen molar-refractivity contribution in [3.8, 4) is 5.75 Å². The molecular weight excluding hydrogens is 462 g/mol. The van der Waals surface area contributed by atoms with Crippen molar-refractivity contribution in [1.82, 2.24) is 14.8 Å². The summed E-state index contributed by atoms with van der Waals surface area (Å²) in [5.41, 5.74) is 3.68. The molecule has 0 aliphatic carbocycles. The number of nitrogens with zero attached hydrogens (tertiary/aromatic N) is 3. The quantitative estimate of drug-likeness (QED) is 0.346. The van der Waals surface area contributed by atoms with E-state index >= 15 is 0 Å². The molecule has 35 heavy (non-hydrogen) atoms. The van der Waals surface area contributed by atoms with Gasteiger partial charge in [-0.15, -0.1) is 5.10 Å². The Hall–Kier alpha value is -4.36. The third kappa shape index (κ3) is 4.95. The number of methoxy groups -OCH3 is 1. The molecule has 174 valence electrons. The van der Waals surface area contributed by atoms with Gasteiger partial charge < -0.3 is 10.1 Å². The zero-order valence-electron chi connectivity index (χ0n) is 18.9. The lowest BCUT2D eigenvalue weighted by atomic mass is 10.0. The van der Waals surface area contributed by atoms with Gasteiger partial charge in [0.2, 0.25) is 5.95 Å². The molecule has 0 radical (unpaired) electrons. The van der Waals surface area contributed by atoms with Crippen molar-refractivity contribution in [2.75, 3.05) is 17.7 Å².